The molecule has 0 amide bonds. The molecule has 3 heteroatoms. The lowest BCUT2D eigenvalue weighted by atomic mass is 10.1. The van der Waals surface area contributed by atoms with Crippen molar-refractivity contribution in [1.29, 1.82) is 0 Å². The first kappa shape index (κ1) is 13.2. The van der Waals surface area contributed by atoms with E-state index in [1.807, 2.05) is 37.3 Å². The van der Waals surface area contributed by atoms with Crippen LogP contribution in [0.3, 0.4) is 0 Å². The van der Waals surface area contributed by atoms with Gasteiger partial charge < -0.3 is 15.5 Å². The molecular weight excluding hydrogens is 250 g/mol. The van der Waals surface area contributed by atoms with Gasteiger partial charge in [-0.25, -0.2) is 0 Å². The molecule has 0 aliphatic heterocycles. The van der Waals surface area contributed by atoms with E-state index in [4.69, 9.17) is 0 Å². The highest BCUT2D eigenvalue weighted by Crippen LogP contribution is 2.32. The van der Waals surface area contributed by atoms with Crippen molar-refractivity contribution in [2.45, 2.75) is 32.0 Å². The number of hydrogen-bond acceptors (Lipinski definition) is 3. The zero-order valence-electron chi connectivity index (χ0n) is 11.5. The summed E-state index contributed by atoms with van der Waals surface area (Å²) in [5, 5.41) is 23.6. The molecule has 2 aromatic carbocycles. The zero-order chi connectivity index (χ0) is 14.1. The second kappa shape index (κ2) is 5.27. The molecule has 0 fully saturated rings. The minimum Gasteiger partial charge on any atom is -0.507 e. The van der Waals surface area contributed by atoms with Gasteiger partial charge in [-0.3, -0.25) is 0 Å². The van der Waals surface area contributed by atoms with Crippen molar-refractivity contribution in [3.63, 3.8) is 0 Å². The average molecular weight is 269 g/mol. The van der Waals surface area contributed by atoms with Crippen LogP contribution >= 0.6 is 0 Å². The van der Waals surface area contributed by atoms with Crippen LogP contribution in [0.4, 0.5) is 0 Å². The quantitative estimate of drug-likeness (QED) is 0.802. The van der Waals surface area contributed by atoms with E-state index in [9.17, 15) is 10.2 Å². The van der Waals surface area contributed by atoms with Gasteiger partial charge in [0.15, 0.2) is 0 Å². The zero-order valence-corrected chi connectivity index (χ0v) is 11.5. The summed E-state index contributed by atoms with van der Waals surface area (Å²) in [5.41, 5.74) is 4.09. The van der Waals surface area contributed by atoms with E-state index in [0.29, 0.717) is 18.7 Å². The van der Waals surface area contributed by atoms with Crippen LogP contribution in [0, 0.1) is 6.92 Å². The number of aliphatic hydroxyl groups excluding tert-OH is 1. The fourth-order valence-electron chi connectivity index (χ4n) is 2.90. The van der Waals surface area contributed by atoms with Crippen LogP contribution in [0.15, 0.2) is 42.5 Å². The molecule has 0 radical (unpaired) electrons. The predicted octanol–water partition coefficient (Wildman–Crippen LogP) is 2.45. The van der Waals surface area contributed by atoms with Crippen molar-refractivity contribution in [3.05, 3.63) is 64.7 Å². The molecule has 1 aliphatic carbocycles. The molecule has 0 aromatic heterocycles. The van der Waals surface area contributed by atoms with E-state index in [2.05, 4.69) is 17.4 Å². The number of hydrogen-bond donors (Lipinski definition) is 3. The van der Waals surface area contributed by atoms with Crippen molar-refractivity contribution in [2.75, 3.05) is 0 Å². The summed E-state index contributed by atoms with van der Waals surface area (Å²) in [6, 6.07) is 13.8. The molecule has 3 N–H and O–H groups in total. The molecular formula is C17H19NO2. The summed E-state index contributed by atoms with van der Waals surface area (Å²) < 4.78 is 0. The summed E-state index contributed by atoms with van der Waals surface area (Å²) in [6.45, 7) is 2.43. The molecule has 0 bridgehead atoms. The molecule has 2 aromatic rings. The van der Waals surface area contributed by atoms with Crippen LogP contribution in [0.5, 0.6) is 5.75 Å². The van der Waals surface area contributed by atoms with Crippen molar-refractivity contribution in [2.24, 2.45) is 0 Å². The second-order valence-electron chi connectivity index (χ2n) is 5.41. The molecule has 0 heterocycles. The molecule has 0 saturated carbocycles. The SMILES string of the molecule is Cc1cccc(CN[C@@H]2c3ccccc3C[C@@H]2O)c1O. The molecule has 104 valence electrons. The van der Waals surface area contributed by atoms with Crippen molar-refractivity contribution < 1.29 is 10.2 Å². The van der Waals surface area contributed by atoms with E-state index < -0.39 is 6.10 Å². The Kier molecular flexibility index (Phi) is 3.47. The Morgan fingerprint density at radius 2 is 1.95 bits per heavy atom. The number of aromatic hydroxyl groups is 1. The Bertz CT molecular complexity index is 624. The number of rotatable bonds is 3. The molecule has 0 unspecified atom stereocenters. The summed E-state index contributed by atoms with van der Waals surface area (Å²) in [5.74, 6) is 0.334. The van der Waals surface area contributed by atoms with Gasteiger partial charge in [0.2, 0.25) is 0 Å². The number of nitrogens with one attached hydrogen (secondary N) is 1. The number of aliphatic hydroxyl groups is 1. The first-order chi connectivity index (χ1) is 9.66. The topological polar surface area (TPSA) is 52.5 Å². The van der Waals surface area contributed by atoms with Crippen LogP contribution in [-0.2, 0) is 13.0 Å². The average Bonchev–Trinajstić information content (AvgIpc) is 2.76. The monoisotopic (exact) mass is 269 g/mol. The Morgan fingerprint density at radius 1 is 1.15 bits per heavy atom. The summed E-state index contributed by atoms with van der Waals surface area (Å²) >= 11 is 0. The van der Waals surface area contributed by atoms with Gasteiger partial charge in [-0.15, -0.1) is 0 Å². The second-order valence-corrected chi connectivity index (χ2v) is 5.41. The van der Waals surface area contributed by atoms with Crippen LogP contribution in [0.25, 0.3) is 0 Å². The Balaban J connectivity index is 1.77. The largest absolute Gasteiger partial charge is 0.507 e. The fraction of sp³-hybridized carbons (Fsp3) is 0.294. The number of benzene rings is 2. The highest BCUT2D eigenvalue weighted by Gasteiger charge is 2.30. The third kappa shape index (κ3) is 2.30. The maximum absolute atomic E-state index is 10.2. The van der Waals surface area contributed by atoms with Gasteiger partial charge in [0.25, 0.3) is 0 Å². The molecule has 0 spiro atoms. The third-order valence-corrected chi connectivity index (χ3v) is 4.04. The maximum atomic E-state index is 10.2. The number of fused-ring (bicyclic) bond motifs is 1. The van der Waals surface area contributed by atoms with Crippen molar-refractivity contribution in [3.8, 4) is 5.75 Å². The Hall–Kier alpha value is -1.84. The highest BCUT2D eigenvalue weighted by molar-refractivity contribution is 5.40. The van der Waals surface area contributed by atoms with E-state index in [0.717, 1.165) is 16.7 Å². The van der Waals surface area contributed by atoms with Crippen molar-refractivity contribution >= 4 is 0 Å². The van der Waals surface area contributed by atoms with Crippen LogP contribution in [-0.4, -0.2) is 16.3 Å². The van der Waals surface area contributed by atoms with Crippen molar-refractivity contribution in [1.82, 2.24) is 5.32 Å². The third-order valence-electron chi connectivity index (χ3n) is 4.04. The van der Waals surface area contributed by atoms with E-state index in [1.165, 1.54) is 5.56 Å². The molecule has 1 aliphatic rings. The number of phenols is 1. The van der Waals surface area contributed by atoms with Gasteiger partial charge in [-0.2, -0.15) is 0 Å². The van der Waals surface area contributed by atoms with Gasteiger partial charge in [0.05, 0.1) is 12.1 Å². The lowest BCUT2D eigenvalue weighted by Gasteiger charge is -2.18. The van der Waals surface area contributed by atoms with Gasteiger partial charge in [0.1, 0.15) is 5.75 Å². The normalized spacial score (nSPS) is 20.9. The van der Waals surface area contributed by atoms with Crippen LogP contribution in [0.1, 0.15) is 28.3 Å². The van der Waals surface area contributed by atoms with Crippen LogP contribution in [0.2, 0.25) is 0 Å². The summed E-state index contributed by atoms with van der Waals surface area (Å²) in [7, 11) is 0. The molecule has 20 heavy (non-hydrogen) atoms. The molecule has 0 saturated heterocycles. The number of aryl methyl sites for hydroxylation is 1. The first-order valence-corrected chi connectivity index (χ1v) is 6.93. The Labute approximate surface area is 118 Å². The van der Waals surface area contributed by atoms with E-state index >= 15 is 0 Å². The minimum atomic E-state index is -0.403. The predicted molar refractivity (Wildman–Crippen MR) is 78.6 cm³/mol. The van der Waals surface area contributed by atoms with Gasteiger partial charge in [-0.1, -0.05) is 42.5 Å². The maximum Gasteiger partial charge on any atom is 0.122 e. The Morgan fingerprint density at radius 3 is 2.80 bits per heavy atom. The van der Waals surface area contributed by atoms with Gasteiger partial charge >= 0.3 is 0 Å². The summed E-state index contributed by atoms with van der Waals surface area (Å²) in [4.78, 5) is 0. The van der Waals surface area contributed by atoms with Gasteiger partial charge in [0, 0.05) is 18.5 Å². The highest BCUT2D eigenvalue weighted by atomic mass is 16.3. The minimum absolute atomic E-state index is 0.0638. The fourth-order valence-corrected chi connectivity index (χ4v) is 2.90. The molecule has 3 nitrogen and oxygen atoms in total. The molecule has 2 atom stereocenters. The number of para-hydroxylation sites is 1. The lowest BCUT2D eigenvalue weighted by molar-refractivity contribution is 0.140. The summed E-state index contributed by atoms with van der Waals surface area (Å²) in [6.07, 6.45) is 0.285. The molecule has 3 rings (SSSR count). The van der Waals surface area contributed by atoms with E-state index in [1.54, 1.807) is 0 Å². The lowest BCUT2D eigenvalue weighted by Crippen LogP contribution is -2.28. The van der Waals surface area contributed by atoms with Crippen LogP contribution < -0.4 is 5.32 Å². The number of phenolic OH excluding ortho intramolecular Hbond substituents is 1. The van der Waals surface area contributed by atoms with Gasteiger partial charge in [-0.05, 0) is 23.6 Å². The smallest absolute Gasteiger partial charge is 0.122 e. The first-order valence-electron chi connectivity index (χ1n) is 6.93. The van der Waals surface area contributed by atoms with E-state index in [-0.39, 0.29) is 6.04 Å². The standard InChI is InChI=1S/C17H19NO2/c1-11-5-4-7-13(17(11)20)10-18-16-14-8-3-2-6-12(14)9-15(16)19/h2-8,15-16,18-20H,9-10H2,1H3/t15-,16+/m0/s1.